The number of rotatable bonds is 3. The van der Waals surface area contributed by atoms with Crippen LogP contribution < -0.4 is 5.32 Å². The molecule has 0 aromatic carbocycles. The molecule has 1 N–H and O–H groups in total. The van der Waals surface area contributed by atoms with Crippen molar-refractivity contribution in [2.24, 2.45) is 5.92 Å². The SMILES string of the molecule is Cc1nn(C(C)C)c(C)c1NC1CC(C)N(C)CC1C. The number of piperidine rings is 1. The van der Waals surface area contributed by atoms with Gasteiger partial charge in [0, 0.05) is 24.7 Å². The van der Waals surface area contributed by atoms with Crippen LogP contribution in [0.25, 0.3) is 0 Å². The maximum absolute atomic E-state index is 4.68. The van der Waals surface area contributed by atoms with Crippen molar-refractivity contribution < 1.29 is 0 Å². The molecule has 0 saturated carbocycles. The number of nitrogens with one attached hydrogen (secondary N) is 1. The lowest BCUT2D eigenvalue weighted by Crippen LogP contribution is -2.48. The highest BCUT2D eigenvalue weighted by molar-refractivity contribution is 5.53. The highest BCUT2D eigenvalue weighted by Gasteiger charge is 2.30. The Morgan fingerprint density at radius 2 is 1.90 bits per heavy atom. The minimum atomic E-state index is 0.415. The van der Waals surface area contributed by atoms with Gasteiger partial charge in [-0.25, -0.2) is 0 Å². The molecule has 3 atom stereocenters. The van der Waals surface area contributed by atoms with Gasteiger partial charge in [-0.1, -0.05) is 6.92 Å². The summed E-state index contributed by atoms with van der Waals surface area (Å²) >= 11 is 0. The van der Waals surface area contributed by atoms with E-state index in [-0.39, 0.29) is 0 Å². The first kappa shape index (κ1) is 15.4. The number of anilines is 1. The summed E-state index contributed by atoms with van der Waals surface area (Å²) in [4.78, 5) is 2.46. The summed E-state index contributed by atoms with van der Waals surface area (Å²) in [5.41, 5.74) is 3.62. The molecule has 0 amide bonds. The van der Waals surface area contributed by atoms with Crippen molar-refractivity contribution in [1.82, 2.24) is 14.7 Å². The molecular formula is C16H30N4. The summed E-state index contributed by atoms with van der Waals surface area (Å²) in [5.74, 6) is 0.664. The van der Waals surface area contributed by atoms with Gasteiger partial charge in [-0.05, 0) is 54.0 Å². The quantitative estimate of drug-likeness (QED) is 0.921. The predicted molar refractivity (Wildman–Crippen MR) is 85.4 cm³/mol. The second-order valence-electron chi connectivity index (χ2n) is 6.84. The van der Waals surface area contributed by atoms with Crippen LogP contribution in [-0.2, 0) is 0 Å². The number of hydrogen-bond acceptors (Lipinski definition) is 3. The highest BCUT2D eigenvalue weighted by atomic mass is 15.3. The monoisotopic (exact) mass is 278 g/mol. The molecular weight excluding hydrogens is 248 g/mol. The van der Waals surface area contributed by atoms with E-state index in [4.69, 9.17) is 0 Å². The molecule has 3 unspecified atom stereocenters. The summed E-state index contributed by atoms with van der Waals surface area (Å²) in [5, 5.41) is 8.46. The molecule has 4 heteroatoms. The minimum Gasteiger partial charge on any atom is -0.379 e. The number of hydrogen-bond donors (Lipinski definition) is 1. The second-order valence-corrected chi connectivity index (χ2v) is 6.84. The summed E-state index contributed by atoms with van der Waals surface area (Å²) < 4.78 is 2.13. The maximum Gasteiger partial charge on any atom is 0.0828 e. The molecule has 114 valence electrons. The Bertz CT molecular complexity index is 463. The van der Waals surface area contributed by atoms with Crippen molar-refractivity contribution in [1.29, 1.82) is 0 Å². The molecule has 0 spiro atoms. The van der Waals surface area contributed by atoms with E-state index in [2.05, 4.69) is 68.6 Å². The van der Waals surface area contributed by atoms with Crippen LogP contribution in [0.3, 0.4) is 0 Å². The van der Waals surface area contributed by atoms with Gasteiger partial charge in [0.15, 0.2) is 0 Å². The van der Waals surface area contributed by atoms with E-state index in [0.29, 0.717) is 24.0 Å². The lowest BCUT2D eigenvalue weighted by atomic mass is 9.89. The zero-order valence-electron chi connectivity index (χ0n) is 14.1. The van der Waals surface area contributed by atoms with Gasteiger partial charge in [0.25, 0.3) is 0 Å². The van der Waals surface area contributed by atoms with E-state index in [9.17, 15) is 0 Å². The standard InChI is InChI=1S/C16H30N4/c1-10(2)20-14(6)16(13(5)18-20)17-15-8-12(4)19(7)9-11(15)3/h10-12,15,17H,8-9H2,1-7H3. The fourth-order valence-electron chi connectivity index (χ4n) is 3.30. The average molecular weight is 278 g/mol. The van der Waals surface area contributed by atoms with Crippen LogP contribution in [0.2, 0.25) is 0 Å². The zero-order valence-corrected chi connectivity index (χ0v) is 14.1. The molecule has 4 nitrogen and oxygen atoms in total. The smallest absolute Gasteiger partial charge is 0.0828 e. The van der Waals surface area contributed by atoms with Gasteiger partial charge in [0.1, 0.15) is 0 Å². The number of aryl methyl sites for hydroxylation is 1. The summed E-state index contributed by atoms with van der Waals surface area (Å²) in [6, 6.07) is 1.60. The molecule has 1 aromatic heterocycles. The summed E-state index contributed by atoms with van der Waals surface area (Å²) in [6.07, 6.45) is 1.20. The number of nitrogens with zero attached hydrogens (tertiary/aromatic N) is 3. The Morgan fingerprint density at radius 1 is 1.25 bits per heavy atom. The molecule has 1 aliphatic heterocycles. The van der Waals surface area contributed by atoms with Gasteiger partial charge >= 0.3 is 0 Å². The molecule has 1 aliphatic rings. The van der Waals surface area contributed by atoms with Crippen LogP contribution in [-0.4, -0.2) is 40.4 Å². The normalized spacial score (nSPS) is 28.1. The fraction of sp³-hybridized carbons (Fsp3) is 0.812. The molecule has 0 bridgehead atoms. The first-order valence-corrected chi connectivity index (χ1v) is 7.83. The van der Waals surface area contributed by atoms with Gasteiger partial charge < -0.3 is 10.2 Å². The third kappa shape index (κ3) is 2.85. The van der Waals surface area contributed by atoms with Gasteiger partial charge in [-0.3, -0.25) is 4.68 Å². The van der Waals surface area contributed by atoms with E-state index in [1.165, 1.54) is 17.8 Å². The fourth-order valence-corrected chi connectivity index (χ4v) is 3.30. The molecule has 2 heterocycles. The third-order valence-electron chi connectivity index (χ3n) is 4.75. The lowest BCUT2D eigenvalue weighted by molar-refractivity contribution is 0.145. The number of likely N-dealkylation sites (tertiary alicyclic amines) is 1. The largest absolute Gasteiger partial charge is 0.379 e. The van der Waals surface area contributed by atoms with Gasteiger partial charge in [-0.2, -0.15) is 5.10 Å². The molecule has 2 rings (SSSR count). The zero-order chi connectivity index (χ0) is 15.0. The topological polar surface area (TPSA) is 33.1 Å². The van der Waals surface area contributed by atoms with Crippen molar-refractivity contribution in [3.63, 3.8) is 0 Å². The van der Waals surface area contributed by atoms with Crippen LogP contribution in [0.4, 0.5) is 5.69 Å². The Kier molecular flexibility index (Phi) is 4.43. The van der Waals surface area contributed by atoms with E-state index in [1.807, 2.05) is 0 Å². The summed E-state index contributed by atoms with van der Waals surface area (Å²) in [6.45, 7) is 14.5. The Balaban J connectivity index is 2.18. The second kappa shape index (κ2) is 5.76. The third-order valence-corrected chi connectivity index (χ3v) is 4.75. The number of aromatic nitrogens is 2. The van der Waals surface area contributed by atoms with Crippen LogP contribution in [0.15, 0.2) is 0 Å². The Morgan fingerprint density at radius 3 is 2.45 bits per heavy atom. The molecule has 1 aromatic rings. The molecule has 0 aliphatic carbocycles. The van der Waals surface area contributed by atoms with E-state index in [1.54, 1.807) is 0 Å². The van der Waals surface area contributed by atoms with Crippen LogP contribution in [0, 0.1) is 19.8 Å². The van der Waals surface area contributed by atoms with E-state index < -0.39 is 0 Å². The molecule has 1 saturated heterocycles. The highest BCUT2D eigenvalue weighted by Crippen LogP contribution is 2.28. The lowest BCUT2D eigenvalue weighted by Gasteiger charge is -2.40. The first-order chi connectivity index (χ1) is 9.31. The summed E-state index contributed by atoms with van der Waals surface area (Å²) in [7, 11) is 2.23. The van der Waals surface area contributed by atoms with E-state index in [0.717, 1.165) is 12.2 Å². The van der Waals surface area contributed by atoms with Crippen LogP contribution in [0.1, 0.15) is 51.5 Å². The Labute approximate surface area is 123 Å². The average Bonchev–Trinajstić information content (AvgIpc) is 2.63. The van der Waals surface area contributed by atoms with Crippen molar-refractivity contribution in [3.05, 3.63) is 11.4 Å². The first-order valence-electron chi connectivity index (χ1n) is 7.83. The van der Waals surface area contributed by atoms with E-state index >= 15 is 0 Å². The van der Waals surface area contributed by atoms with Crippen molar-refractivity contribution >= 4 is 5.69 Å². The molecule has 20 heavy (non-hydrogen) atoms. The van der Waals surface area contributed by atoms with Gasteiger partial charge in [-0.15, -0.1) is 0 Å². The van der Waals surface area contributed by atoms with Crippen molar-refractivity contribution in [2.75, 3.05) is 18.9 Å². The molecule has 1 fully saturated rings. The maximum atomic E-state index is 4.68. The predicted octanol–water partition coefficient (Wildman–Crippen LogP) is 3.22. The molecule has 0 radical (unpaired) electrons. The van der Waals surface area contributed by atoms with Crippen molar-refractivity contribution in [3.8, 4) is 0 Å². The minimum absolute atomic E-state index is 0.415. The van der Waals surface area contributed by atoms with Crippen LogP contribution >= 0.6 is 0 Å². The van der Waals surface area contributed by atoms with Crippen molar-refractivity contribution in [2.45, 2.75) is 66.1 Å². The van der Waals surface area contributed by atoms with Gasteiger partial charge in [0.2, 0.25) is 0 Å². The Hall–Kier alpha value is -1.03. The van der Waals surface area contributed by atoms with Gasteiger partial charge in [0.05, 0.1) is 17.1 Å². The van der Waals surface area contributed by atoms with Crippen LogP contribution in [0.5, 0.6) is 0 Å².